The number of aromatic amines is 1. The standard InChI is InChI=1S/C17H21N3O2/c1-11(2)19-13-5-3-12(4-6-13)16-10-18-17-9-14(20(21)22)7-8-15(16)17/h3,7-11,13,18-19H,4-6H2,1-2H3. The monoisotopic (exact) mass is 299 g/mol. The Morgan fingerprint density at radius 2 is 2.23 bits per heavy atom. The second-order valence-corrected chi connectivity index (χ2v) is 6.21. The molecule has 5 heteroatoms. The van der Waals surface area contributed by atoms with Crippen LogP contribution >= 0.6 is 0 Å². The maximum absolute atomic E-state index is 10.9. The molecular formula is C17H21N3O2. The van der Waals surface area contributed by atoms with Crippen molar-refractivity contribution in [2.45, 2.75) is 45.2 Å². The van der Waals surface area contributed by atoms with Crippen LogP contribution < -0.4 is 5.32 Å². The van der Waals surface area contributed by atoms with E-state index in [9.17, 15) is 10.1 Å². The first-order valence-electron chi connectivity index (χ1n) is 7.75. The van der Waals surface area contributed by atoms with E-state index in [4.69, 9.17) is 0 Å². The zero-order valence-corrected chi connectivity index (χ0v) is 12.9. The molecule has 116 valence electrons. The summed E-state index contributed by atoms with van der Waals surface area (Å²) in [5.41, 5.74) is 3.46. The first-order chi connectivity index (χ1) is 10.5. The fourth-order valence-corrected chi connectivity index (χ4v) is 3.19. The number of H-pyrrole nitrogens is 1. The van der Waals surface area contributed by atoms with Gasteiger partial charge in [-0.1, -0.05) is 19.9 Å². The van der Waals surface area contributed by atoms with E-state index >= 15 is 0 Å². The van der Waals surface area contributed by atoms with Crippen molar-refractivity contribution in [3.63, 3.8) is 0 Å². The molecule has 0 radical (unpaired) electrons. The number of nitro groups is 1. The Hall–Kier alpha value is -2.14. The van der Waals surface area contributed by atoms with Crippen LogP contribution in [-0.2, 0) is 0 Å². The molecule has 1 atom stereocenters. The van der Waals surface area contributed by atoms with Gasteiger partial charge in [0.1, 0.15) is 0 Å². The van der Waals surface area contributed by atoms with Crippen LogP contribution in [-0.4, -0.2) is 22.0 Å². The average molecular weight is 299 g/mol. The number of nitro benzene ring substituents is 1. The van der Waals surface area contributed by atoms with Gasteiger partial charge in [-0.05, 0) is 30.9 Å². The summed E-state index contributed by atoms with van der Waals surface area (Å²) in [7, 11) is 0. The Morgan fingerprint density at radius 1 is 1.41 bits per heavy atom. The van der Waals surface area contributed by atoms with Crippen molar-refractivity contribution in [3.8, 4) is 0 Å². The number of allylic oxidation sites excluding steroid dienone is 1. The molecule has 0 saturated heterocycles. The molecule has 3 rings (SSSR count). The van der Waals surface area contributed by atoms with Crippen molar-refractivity contribution in [1.29, 1.82) is 0 Å². The van der Waals surface area contributed by atoms with Gasteiger partial charge in [0.25, 0.3) is 5.69 Å². The predicted molar refractivity (Wildman–Crippen MR) is 88.8 cm³/mol. The predicted octanol–water partition coefficient (Wildman–Crippen LogP) is 4.01. The molecule has 0 aliphatic heterocycles. The van der Waals surface area contributed by atoms with Gasteiger partial charge < -0.3 is 10.3 Å². The summed E-state index contributed by atoms with van der Waals surface area (Å²) >= 11 is 0. The molecule has 1 unspecified atom stereocenters. The lowest BCUT2D eigenvalue weighted by Crippen LogP contribution is -2.35. The summed E-state index contributed by atoms with van der Waals surface area (Å²) in [6.45, 7) is 4.34. The van der Waals surface area contributed by atoms with E-state index < -0.39 is 0 Å². The molecule has 1 aliphatic carbocycles. The van der Waals surface area contributed by atoms with Gasteiger partial charge in [-0.3, -0.25) is 10.1 Å². The van der Waals surface area contributed by atoms with Gasteiger partial charge in [0, 0.05) is 41.4 Å². The lowest BCUT2D eigenvalue weighted by molar-refractivity contribution is -0.384. The smallest absolute Gasteiger partial charge is 0.271 e. The van der Waals surface area contributed by atoms with Gasteiger partial charge in [0.15, 0.2) is 0 Å². The topological polar surface area (TPSA) is 71.0 Å². The minimum absolute atomic E-state index is 0.125. The lowest BCUT2D eigenvalue weighted by Gasteiger charge is -2.25. The Balaban J connectivity index is 1.85. The highest BCUT2D eigenvalue weighted by atomic mass is 16.6. The normalized spacial score (nSPS) is 18.7. The molecule has 1 aliphatic rings. The molecule has 0 spiro atoms. The number of hydrogen-bond acceptors (Lipinski definition) is 3. The van der Waals surface area contributed by atoms with E-state index in [1.807, 2.05) is 12.3 Å². The Labute approximate surface area is 129 Å². The second-order valence-electron chi connectivity index (χ2n) is 6.21. The van der Waals surface area contributed by atoms with Crippen LogP contribution in [0, 0.1) is 10.1 Å². The minimum atomic E-state index is -0.359. The van der Waals surface area contributed by atoms with Crippen molar-refractivity contribution in [1.82, 2.24) is 10.3 Å². The highest BCUT2D eigenvalue weighted by Crippen LogP contribution is 2.33. The molecule has 2 aromatic rings. The van der Waals surface area contributed by atoms with E-state index in [1.165, 1.54) is 11.1 Å². The molecule has 0 amide bonds. The summed E-state index contributed by atoms with van der Waals surface area (Å²) in [4.78, 5) is 13.7. The van der Waals surface area contributed by atoms with Crippen LogP contribution in [0.1, 0.15) is 38.7 Å². The van der Waals surface area contributed by atoms with Crippen LogP contribution in [0.2, 0.25) is 0 Å². The number of nitrogens with one attached hydrogen (secondary N) is 2. The molecule has 1 aromatic heterocycles. The number of non-ortho nitro benzene ring substituents is 1. The molecule has 1 aromatic carbocycles. The van der Waals surface area contributed by atoms with Crippen LogP contribution in [0.3, 0.4) is 0 Å². The lowest BCUT2D eigenvalue weighted by atomic mass is 9.90. The Bertz CT molecular complexity index is 731. The number of fused-ring (bicyclic) bond motifs is 1. The highest BCUT2D eigenvalue weighted by Gasteiger charge is 2.18. The van der Waals surface area contributed by atoms with Gasteiger partial charge >= 0.3 is 0 Å². The molecule has 0 saturated carbocycles. The van der Waals surface area contributed by atoms with E-state index in [0.29, 0.717) is 12.1 Å². The number of nitrogens with zero attached hydrogens (tertiary/aromatic N) is 1. The third kappa shape index (κ3) is 2.90. The molecule has 0 fully saturated rings. The zero-order valence-electron chi connectivity index (χ0n) is 12.9. The van der Waals surface area contributed by atoms with Crippen molar-refractivity contribution in [3.05, 3.63) is 46.1 Å². The summed E-state index contributed by atoms with van der Waals surface area (Å²) in [5.74, 6) is 0. The van der Waals surface area contributed by atoms with Gasteiger partial charge in [-0.15, -0.1) is 0 Å². The Kier molecular flexibility index (Phi) is 3.98. The quantitative estimate of drug-likeness (QED) is 0.662. The van der Waals surface area contributed by atoms with Crippen LogP contribution in [0.25, 0.3) is 16.5 Å². The molecular weight excluding hydrogens is 278 g/mol. The zero-order chi connectivity index (χ0) is 15.7. The van der Waals surface area contributed by atoms with Gasteiger partial charge in [0.2, 0.25) is 0 Å². The van der Waals surface area contributed by atoms with Crippen molar-refractivity contribution in [2.24, 2.45) is 0 Å². The fourth-order valence-electron chi connectivity index (χ4n) is 3.19. The van der Waals surface area contributed by atoms with Crippen LogP contribution in [0.15, 0.2) is 30.5 Å². The van der Waals surface area contributed by atoms with Crippen molar-refractivity contribution < 1.29 is 4.92 Å². The van der Waals surface area contributed by atoms with Crippen molar-refractivity contribution >= 4 is 22.2 Å². The second kappa shape index (κ2) is 5.93. The van der Waals surface area contributed by atoms with Gasteiger partial charge in [-0.25, -0.2) is 0 Å². The molecule has 1 heterocycles. The number of rotatable bonds is 4. The summed E-state index contributed by atoms with van der Waals surface area (Å²) in [5, 5.41) is 15.5. The summed E-state index contributed by atoms with van der Waals surface area (Å²) in [6, 6.07) is 6.08. The van der Waals surface area contributed by atoms with Gasteiger partial charge in [0.05, 0.1) is 10.4 Å². The van der Waals surface area contributed by atoms with Crippen LogP contribution in [0.5, 0.6) is 0 Å². The van der Waals surface area contributed by atoms with E-state index in [0.717, 1.165) is 30.2 Å². The maximum atomic E-state index is 10.9. The van der Waals surface area contributed by atoms with Gasteiger partial charge in [-0.2, -0.15) is 0 Å². The maximum Gasteiger partial charge on any atom is 0.271 e. The van der Waals surface area contributed by atoms with Crippen LogP contribution in [0.4, 0.5) is 5.69 Å². The molecule has 0 bridgehead atoms. The van der Waals surface area contributed by atoms with E-state index in [-0.39, 0.29) is 10.6 Å². The number of benzene rings is 1. The molecule has 2 N–H and O–H groups in total. The minimum Gasteiger partial charge on any atom is -0.360 e. The first-order valence-corrected chi connectivity index (χ1v) is 7.75. The molecule has 22 heavy (non-hydrogen) atoms. The first kappa shape index (κ1) is 14.8. The third-order valence-corrected chi connectivity index (χ3v) is 4.20. The van der Waals surface area contributed by atoms with Crippen molar-refractivity contribution in [2.75, 3.05) is 0 Å². The molecule has 5 nitrogen and oxygen atoms in total. The van der Waals surface area contributed by atoms with E-state index in [1.54, 1.807) is 12.1 Å². The summed E-state index contributed by atoms with van der Waals surface area (Å²) in [6.07, 6.45) is 7.47. The van der Waals surface area contributed by atoms with E-state index in [2.05, 4.69) is 30.2 Å². The SMILES string of the molecule is CC(C)NC1CC=C(c2c[nH]c3cc([N+](=O)[O-])ccc23)CC1. The number of hydrogen-bond donors (Lipinski definition) is 2. The number of aromatic nitrogens is 1. The highest BCUT2D eigenvalue weighted by molar-refractivity contribution is 5.93. The largest absolute Gasteiger partial charge is 0.360 e. The Morgan fingerprint density at radius 3 is 2.86 bits per heavy atom. The average Bonchev–Trinajstić information content (AvgIpc) is 2.90. The third-order valence-electron chi connectivity index (χ3n) is 4.20. The fraction of sp³-hybridized carbons (Fsp3) is 0.412. The summed E-state index contributed by atoms with van der Waals surface area (Å²) < 4.78 is 0.